The first-order valence-electron chi connectivity index (χ1n) is 6.88. The van der Waals surface area contributed by atoms with Crippen molar-refractivity contribution in [2.45, 2.75) is 25.9 Å². The molecule has 1 aromatic carbocycles. The van der Waals surface area contributed by atoms with E-state index < -0.39 is 0 Å². The van der Waals surface area contributed by atoms with Crippen LogP contribution in [0.25, 0.3) is 10.9 Å². The van der Waals surface area contributed by atoms with Crippen LogP contribution < -0.4 is 11.3 Å². The van der Waals surface area contributed by atoms with E-state index in [0.717, 1.165) is 28.7 Å². The molecule has 0 saturated heterocycles. The van der Waals surface area contributed by atoms with E-state index in [-0.39, 0.29) is 6.04 Å². The molecule has 3 aromatic rings. The average Bonchev–Trinajstić information content (AvgIpc) is 3.09. The van der Waals surface area contributed by atoms with Gasteiger partial charge < -0.3 is 4.42 Å². The highest BCUT2D eigenvalue weighted by Crippen LogP contribution is 2.28. The van der Waals surface area contributed by atoms with E-state index in [1.807, 2.05) is 22.9 Å². The highest BCUT2D eigenvalue weighted by atomic mass is 35.5. The number of hydrazine groups is 1. The number of halogens is 1. The van der Waals surface area contributed by atoms with Gasteiger partial charge in [0.05, 0.1) is 23.5 Å². The summed E-state index contributed by atoms with van der Waals surface area (Å²) in [5, 5.41) is 6.18. The van der Waals surface area contributed by atoms with Crippen molar-refractivity contribution in [3.8, 4) is 0 Å². The van der Waals surface area contributed by atoms with Gasteiger partial charge in [-0.1, -0.05) is 18.2 Å². The van der Waals surface area contributed by atoms with Crippen molar-refractivity contribution in [3.05, 3.63) is 53.1 Å². The van der Waals surface area contributed by atoms with Gasteiger partial charge in [-0.3, -0.25) is 16.0 Å². The Morgan fingerprint density at radius 1 is 1.38 bits per heavy atom. The second kappa shape index (κ2) is 5.89. The van der Waals surface area contributed by atoms with Crippen LogP contribution in [-0.2, 0) is 13.0 Å². The van der Waals surface area contributed by atoms with Crippen molar-refractivity contribution in [1.82, 2.24) is 15.2 Å². The molecule has 0 aliphatic carbocycles. The monoisotopic (exact) mass is 304 g/mol. The molecule has 0 spiro atoms. The summed E-state index contributed by atoms with van der Waals surface area (Å²) in [5.41, 5.74) is 5.76. The normalized spacial score (nSPS) is 12.9. The van der Waals surface area contributed by atoms with Crippen LogP contribution in [-0.4, -0.2) is 9.78 Å². The smallest absolute Gasteiger partial charge is 0.197 e. The molecule has 0 fully saturated rings. The zero-order valence-electron chi connectivity index (χ0n) is 11.7. The fourth-order valence-electron chi connectivity index (χ4n) is 2.59. The van der Waals surface area contributed by atoms with Crippen molar-refractivity contribution in [1.29, 1.82) is 0 Å². The van der Waals surface area contributed by atoms with Crippen molar-refractivity contribution < 1.29 is 4.42 Å². The molecule has 1 unspecified atom stereocenters. The SMILES string of the molecule is CCn1nc(CC(NN)c2ccoc2Cl)c2ccccc21. The number of nitrogens with zero attached hydrogens (tertiary/aromatic N) is 2. The van der Waals surface area contributed by atoms with Gasteiger partial charge in [0, 0.05) is 23.9 Å². The maximum atomic E-state index is 6.04. The summed E-state index contributed by atoms with van der Waals surface area (Å²) in [7, 11) is 0. The molecule has 0 bridgehead atoms. The lowest BCUT2D eigenvalue weighted by Crippen LogP contribution is -2.29. The van der Waals surface area contributed by atoms with Gasteiger partial charge in [0.15, 0.2) is 5.22 Å². The number of hydrogen-bond acceptors (Lipinski definition) is 4. The quantitative estimate of drug-likeness (QED) is 0.561. The largest absolute Gasteiger partial charge is 0.453 e. The minimum absolute atomic E-state index is 0.139. The molecule has 2 aromatic heterocycles. The molecule has 0 aliphatic rings. The van der Waals surface area contributed by atoms with E-state index in [0.29, 0.717) is 11.6 Å². The Morgan fingerprint density at radius 2 is 2.19 bits per heavy atom. The van der Waals surface area contributed by atoms with E-state index in [1.165, 1.54) is 0 Å². The molecule has 0 aliphatic heterocycles. The van der Waals surface area contributed by atoms with E-state index in [1.54, 1.807) is 6.26 Å². The van der Waals surface area contributed by atoms with Gasteiger partial charge in [0.25, 0.3) is 0 Å². The number of rotatable bonds is 5. The summed E-state index contributed by atoms with van der Waals surface area (Å²) in [4.78, 5) is 0. The third kappa shape index (κ3) is 2.55. The Morgan fingerprint density at radius 3 is 2.86 bits per heavy atom. The zero-order chi connectivity index (χ0) is 14.8. The molecule has 0 saturated carbocycles. The first kappa shape index (κ1) is 14.1. The molecular formula is C15H17ClN4O. The van der Waals surface area contributed by atoms with Crippen LogP contribution in [0.4, 0.5) is 0 Å². The second-order valence-electron chi connectivity index (χ2n) is 4.85. The van der Waals surface area contributed by atoms with Crippen molar-refractivity contribution in [2.24, 2.45) is 5.84 Å². The van der Waals surface area contributed by atoms with Crippen LogP contribution in [0.15, 0.2) is 41.0 Å². The highest BCUT2D eigenvalue weighted by Gasteiger charge is 2.19. The lowest BCUT2D eigenvalue weighted by Gasteiger charge is -2.13. The fraction of sp³-hybridized carbons (Fsp3) is 0.267. The van der Waals surface area contributed by atoms with Crippen molar-refractivity contribution in [2.75, 3.05) is 0 Å². The topological polar surface area (TPSA) is 69.0 Å². The maximum Gasteiger partial charge on any atom is 0.197 e. The summed E-state index contributed by atoms with van der Waals surface area (Å²) < 4.78 is 7.14. The summed E-state index contributed by atoms with van der Waals surface area (Å²) in [6.07, 6.45) is 2.20. The van der Waals surface area contributed by atoms with E-state index in [4.69, 9.17) is 21.9 Å². The van der Waals surface area contributed by atoms with Gasteiger partial charge in [-0.25, -0.2) is 0 Å². The van der Waals surface area contributed by atoms with Crippen molar-refractivity contribution >= 4 is 22.5 Å². The first-order valence-corrected chi connectivity index (χ1v) is 7.25. The van der Waals surface area contributed by atoms with Gasteiger partial charge in [-0.2, -0.15) is 5.10 Å². The molecule has 3 rings (SSSR count). The number of fused-ring (bicyclic) bond motifs is 1. The molecule has 3 N–H and O–H groups in total. The lowest BCUT2D eigenvalue weighted by atomic mass is 10.0. The van der Waals surface area contributed by atoms with Crippen LogP contribution in [0.5, 0.6) is 0 Å². The number of nitrogens with two attached hydrogens (primary N) is 1. The number of benzene rings is 1. The lowest BCUT2D eigenvalue weighted by molar-refractivity contribution is 0.520. The van der Waals surface area contributed by atoms with Gasteiger partial charge in [-0.05, 0) is 30.7 Å². The maximum absolute atomic E-state index is 6.04. The van der Waals surface area contributed by atoms with Gasteiger partial charge >= 0.3 is 0 Å². The molecule has 21 heavy (non-hydrogen) atoms. The Bertz CT molecular complexity index is 749. The molecule has 0 radical (unpaired) electrons. The molecule has 1 atom stereocenters. The summed E-state index contributed by atoms with van der Waals surface area (Å²) >= 11 is 6.04. The number of furan rings is 1. The van der Waals surface area contributed by atoms with Gasteiger partial charge in [-0.15, -0.1) is 0 Å². The Balaban J connectivity index is 1.99. The summed E-state index contributed by atoms with van der Waals surface area (Å²) in [5.74, 6) is 5.68. The predicted octanol–water partition coefficient (Wildman–Crippen LogP) is 3.05. The average molecular weight is 305 g/mol. The van der Waals surface area contributed by atoms with Gasteiger partial charge in [0.1, 0.15) is 0 Å². The van der Waals surface area contributed by atoms with Crippen LogP contribution >= 0.6 is 11.6 Å². The second-order valence-corrected chi connectivity index (χ2v) is 5.20. The first-order chi connectivity index (χ1) is 10.2. The molecule has 0 amide bonds. The summed E-state index contributed by atoms with van der Waals surface area (Å²) in [6, 6.07) is 9.87. The van der Waals surface area contributed by atoms with E-state index >= 15 is 0 Å². The van der Waals surface area contributed by atoms with Crippen LogP contribution in [0.2, 0.25) is 5.22 Å². The highest BCUT2D eigenvalue weighted by molar-refractivity contribution is 6.29. The van der Waals surface area contributed by atoms with Crippen LogP contribution in [0.3, 0.4) is 0 Å². The van der Waals surface area contributed by atoms with Crippen LogP contribution in [0.1, 0.15) is 24.2 Å². The molecule has 5 nitrogen and oxygen atoms in total. The Labute approximate surface area is 127 Å². The Hall–Kier alpha value is -1.82. The molecular weight excluding hydrogens is 288 g/mol. The van der Waals surface area contributed by atoms with E-state index in [9.17, 15) is 0 Å². The zero-order valence-corrected chi connectivity index (χ0v) is 12.5. The molecule has 6 heteroatoms. The predicted molar refractivity (Wildman–Crippen MR) is 82.9 cm³/mol. The molecule has 110 valence electrons. The minimum Gasteiger partial charge on any atom is -0.453 e. The number of aromatic nitrogens is 2. The number of hydrogen-bond donors (Lipinski definition) is 2. The number of aryl methyl sites for hydroxylation is 1. The Kier molecular flexibility index (Phi) is 3.96. The van der Waals surface area contributed by atoms with Gasteiger partial charge in [0.2, 0.25) is 0 Å². The molecule has 2 heterocycles. The van der Waals surface area contributed by atoms with E-state index in [2.05, 4.69) is 29.6 Å². The third-order valence-corrected chi connectivity index (χ3v) is 3.96. The fourth-order valence-corrected chi connectivity index (χ4v) is 2.84. The number of nitrogens with one attached hydrogen (secondary N) is 1. The minimum atomic E-state index is -0.139. The van der Waals surface area contributed by atoms with Crippen LogP contribution in [0, 0.1) is 0 Å². The summed E-state index contributed by atoms with van der Waals surface area (Å²) in [6.45, 7) is 2.91. The van der Waals surface area contributed by atoms with Crippen molar-refractivity contribution in [3.63, 3.8) is 0 Å². The number of para-hydroxylation sites is 1. The third-order valence-electron chi connectivity index (χ3n) is 3.65. The standard InChI is InChI=1S/C15H17ClN4O/c1-2-20-14-6-4-3-5-10(14)13(19-20)9-12(18-17)11-7-8-21-15(11)16/h3-8,12,18H,2,9,17H2,1H3.